The van der Waals surface area contributed by atoms with Gasteiger partial charge in [-0.05, 0) is 51.7 Å². The lowest BCUT2D eigenvalue weighted by Crippen LogP contribution is -2.41. The fraction of sp³-hybridized carbons (Fsp3) is 0.438. The van der Waals surface area contributed by atoms with Crippen molar-refractivity contribution < 1.29 is 9.31 Å². The van der Waals surface area contributed by atoms with Crippen LogP contribution in [0.3, 0.4) is 0 Å². The van der Waals surface area contributed by atoms with Gasteiger partial charge in [-0.25, -0.2) is 0 Å². The average molecular weight is 304 g/mol. The zero-order valence-electron chi connectivity index (χ0n) is 13.0. The first-order valence-corrected chi connectivity index (χ1v) is 7.49. The van der Waals surface area contributed by atoms with E-state index in [4.69, 9.17) is 20.9 Å². The summed E-state index contributed by atoms with van der Waals surface area (Å²) in [6.45, 7) is 10.2. The smallest absolute Gasteiger partial charge is 0.399 e. The third-order valence-electron chi connectivity index (χ3n) is 4.53. The van der Waals surface area contributed by atoms with E-state index in [1.54, 1.807) is 12.3 Å². The van der Waals surface area contributed by atoms with E-state index in [0.717, 1.165) is 21.9 Å². The molecule has 0 atom stereocenters. The van der Waals surface area contributed by atoms with Gasteiger partial charge in [0.1, 0.15) is 0 Å². The molecule has 110 valence electrons. The summed E-state index contributed by atoms with van der Waals surface area (Å²) in [5.74, 6) is 0. The fourth-order valence-corrected chi connectivity index (χ4v) is 2.74. The number of halogens is 1. The standard InChI is InChI=1S/C16H19BClNO2/c1-10-8-11(9-12-13(18)6-7-19-14(10)12)17-20-15(2,3)16(4,5)21-17/h6-9H,1-5H3. The Morgan fingerprint density at radius 2 is 1.71 bits per heavy atom. The summed E-state index contributed by atoms with van der Waals surface area (Å²) in [5, 5.41) is 1.63. The van der Waals surface area contributed by atoms with Gasteiger partial charge in [0.15, 0.2) is 0 Å². The zero-order valence-corrected chi connectivity index (χ0v) is 13.8. The molecule has 0 N–H and O–H groups in total. The molecule has 1 saturated heterocycles. The van der Waals surface area contributed by atoms with Gasteiger partial charge in [-0.1, -0.05) is 23.7 Å². The number of aryl methyl sites for hydroxylation is 1. The number of aromatic nitrogens is 1. The lowest BCUT2D eigenvalue weighted by molar-refractivity contribution is 0.00578. The molecule has 1 aromatic carbocycles. The Labute approximate surface area is 130 Å². The van der Waals surface area contributed by atoms with E-state index in [9.17, 15) is 0 Å². The molecule has 5 heteroatoms. The highest BCUT2D eigenvalue weighted by atomic mass is 35.5. The first-order valence-electron chi connectivity index (χ1n) is 7.12. The Bertz CT molecular complexity index is 699. The van der Waals surface area contributed by atoms with Crippen molar-refractivity contribution in [2.24, 2.45) is 0 Å². The van der Waals surface area contributed by atoms with Crippen molar-refractivity contribution in [3.63, 3.8) is 0 Å². The topological polar surface area (TPSA) is 31.4 Å². The minimum atomic E-state index is -0.380. The summed E-state index contributed by atoms with van der Waals surface area (Å²) < 4.78 is 12.2. The molecule has 0 aliphatic carbocycles. The van der Waals surface area contributed by atoms with E-state index >= 15 is 0 Å². The molecule has 1 fully saturated rings. The van der Waals surface area contributed by atoms with Crippen LogP contribution in [0, 0.1) is 6.92 Å². The van der Waals surface area contributed by atoms with Crippen LogP contribution < -0.4 is 5.46 Å². The minimum absolute atomic E-state index is 0.348. The first kappa shape index (κ1) is 14.8. The maximum atomic E-state index is 6.30. The molecule has 0 saturated carbocycles. The number of nitrogens with zero attached hydrogens (tertiary/aromatic N) is 1. The summed E-state index contributed by atoms with van der Waals surface area (Å²) in [5.41, 5.74) is 2.27. The van der Waals surface area contributed by atoms with Crippen LogP contribution in [0.5, 0.6) is 0 Å². The molecule has 1 aliphatic rings. The monoisotopic (exact) mass is 303 g/mol. The van der Waals surface area contributed by atoms with Crippen LogP contribution in [0.1, 0.15) is 33.3 Å². The van der Waals surface area contributed by atoms with Gasteiger partial charge in [0, 0.05) is 11.6 Å². The van der Waals surface area contributed by atoms with Crippen LogP contribution >= 0.6 is 11.6 Å². The highest BCUT2D eigenvalue weighted by molar-refractivity contribution is 6.62. The Balaban J connectivity index is 2.09. The minimum Gasteiger partial charge on any atom is -0.399 e. The van der Waals surface area contributed by atoms with E-state index in [0.29, 0.717) is 5.02 Å². The highest BCUT2D eigenvalue weighted by Gasteiger charge is 2.51. The number of hydrogen-bond acceptors (Lipinski definition) is 3. The normalized spacial score (nSPS) is 20.2. The summed E-state index contributed by atoms with van der Waals surface area (Å²) in [4.78, 5) is 4.40. The fourth-order valence-electron chi connectivity index (χ4n) is 2.54. The second-order valence-electron chi connectivity index (χ2n) is 6.61. The maximum absolute atomic E-state index is 6.30. The Hall–Kier alpha value is -1.10. The highest BCUT2D eigenvalue weighted by Crippen LogP contribution is 2.37. The van der Waals surface area contributed by atoms with Gasteiger partial charge in [-0.2, -0.15) is 0 Å². The Morgan fingerprint density at radius 1 is 1.10 bits per heavy atom. The van der Waals surface area contributed by atoms with E-state index in [1.165, 1.54) is 0 Å². The summed E-state index contributed by atoms with van der Waals surface area (Å²) in [7, 11) is -0.380. The Morgan fingerprint density at radius 3 is 2.33 bits per heavy atom. The van der Waals surface area contributed by atoms with Crippen molar-refractivity contribution in [1.29, 1.82) is 0 Å². The molecule has 0 unspecified atom stereocenters. The molecule has 21 heavy (non-hydrogen) atoms. The quantitative estimate of drug-likeness (QED) is 0.756. The third-order valence-corrected chi connectivity index (χ3v) is 4.86. The number of rotatable bonds is 1. The largest absolute Gasteiger partial charge is 0.494 e. The van der Waals surface area contributed by atoms with Crippen LogP contribution in [0.4, 0.5) is 0 Å². The molecular formula is C16H19BClNO2. The molecule has 1 aromatic heterocycles. The third kappa shape index (κ3) is 2.35. The molecule has 3 nitrogen and oxygen atoms in total. The molecular weight excluding hydrogens is 284 g/mol. The number of hydrogen-bond donors (Lipinski definition) is 0. The second kappa shape index (κ2) is 4.70. The van der Waals surface area contributed by atoms with Gasteiger partial charge < -0.3 is 9.31 Å². The lowest BCUT2D eigenvalue weighted by Gasteiger charge is -2.32. The van der Waals surface area contributed by atoms with Crippen LogP contribution in [0.25, 0.3) is 10.9 Å². The molecule has 0 radical (unpaired) electrons. The predicted molar refractivity (Wildman–Crippen MR) is 87.2 cm³/mol. The summed E-state index contributed by atoms with van der Waals surface area (Å²) >= 11 is 6.30. The van der Waals surface area contributed by atoms with Crippen LogP contribution in [-0.2, 0) is 9.31 Å². The summed E-state index contributed by atoms with van der Waals surface area (Å²) in [6, 6.07) is 5.88. The SMILES string of the molecule is Cc1cc(B2OC(C)(C)C(C)(C)O2)cc2c(Cl)ccnc12. The number of pyridine rings is 1. The number of benzene rings is 1. The van der Waals surface area contributed by atoms with Gasteiger partial charge in [0.05, 0.1) is 21.7 Å². The van der Waals surface area contributed by atoms with E-state index in [-0.39, 0.29) is 18.3 Å². The molecule has 3 rings (SSSR count). The average Bonchev–Trinajstić information content (AvgIpc) is 2.60. The van der Waals surface area contributed by atoms with Crippen molar-refractivity contribution in [2.75, 3.05) is 0 Å². The van der Waals surface area contributed by atoms with Gasteiger partial charge in [0.25, 0.3) is 0 Å². The molecule has 2 aromatic rings. The van der Waals surface area contributed by atoms with Gasteiger partial charge in [-0.3, -0.25) is 4.98 Å². The van der Waals surface area contributed by atoms with Crippen LogP contribution in [0.2, 0.25) is 5.02 Å². The van der Waals surface area contributed by atoms with E-state index < -0.39 is 0 Å². The predicted octanol–water partition coefficient (Wildman–Crippen LogP) is 3.50. The van der Waals surface area contributed by atoms with Crippen molar-refractivity contribution in [3.05, 3.63) is 35.0 Å². The zero-order chi connectivity index (χ0) is 15.4. The number of fused-ring (bicyclic) bond motifs is 1. The van der Waals surface area contributed by atoms with Gasteiger partial charge >= 0.3 is 7.12 Å². The van der Waals surface area contributed by atoms with Crippen molar-refractivity contribution >= 4 is 35.1 Å². The molecule has 0 spiro atoms. The first-order chi connectivity index (χ1) is 9.71. The molecule has 1 aliphatic heterocycles. The van der Waals surface area contributed by atoms with Gasteiger partial charge in [0.2, 0.25) is 0 Å². The van der Waals surface area contributed by atoms with E-state index in [2.05, 4.69) is 38.7 Å². The van der Waals surface area contributed by atoms with Crippen molar-refractivity contribution in [1.82, 2.24) is 4.98 Å². The van der Waals surface area contributed by atoms with Gasteiger partial charge in [-0.15, -0.1) is 0 Å². The summed E-state index contributed by atoms with van der Waals surface area (Å²) in [6.07, 6.45) is 1.73. The Kier molecular flexibility index (Phi) is 3.32. The van der Waals surface area contributed by atoms with Crippen LogP contribution in [-0.4, -0.2) is 23.3 Å². The van der Waals surface area contributed by atoms with Crippen LogP contribution in [0.15, 0.2) is 24.4 Å². The van der Waals surface area contributed by atoms with E-state index in [1.807, 2.05) is 13.0 Å². The molecule has 0 amide bonds. The maximum Gasteiger partial charge on any atom is 0.494 e. The molecule has 0 bridgehead atoms. The van der Waals surface area contributed by atoms with Crippen molar-refractivity contribution in [3.8, 4) is 0 Å². The molecule has 2 heterocycles. The van der Waals surface area contributed by atoms with Crippen molar-refractivity contribution in [2.45, 2.75) is 45.8 Å². The second-order valence-corrected chi connectivity index (χ2v) is 7.02. The lowest BCUT2D eigenvalue weighted by atomic mass is 9.77.